The van der Waals surface area contributed by atoms with E-state index in [-0.39, 0.29) is 6.04 Å². The Morgan fingerprint density at radius 2 is 1.84 bits per heavy atom. The maximum absolute atomic E-state index is 5.57. The Bertz CT molecular complexity index is 822. The summed E-state index contributed by atoms with van der Waals surface area (Å²) in [5.74, 6) is 2.71. The third-order valence-corrected chi connectivity index (χ3v) is 6.35. The Morgan fingerprint density at radius 3 is 2.48 bits per heavy atom. The van der Waals surface area contributed by atoms with Crippen LogP contribution >= 0.6 is 11.3 Å². The van der Waals surface area contributed by atoms with Gasteiger partial charge in [-0.1, -0.05) is 13.0 Å². The first kappa shape index (κ1) is 23.4. The second kappa shape index (κ2) is 11.9. The van der Waals surface area contributed by atoms with E-state index in [1.54, 1.807) is 25.6 Å². The number of hydrogen-bond acceptors (Lipinski definition) is 6. The van der Waals surface area contributed by atoms with Gasteiger partial charge in [-0.2, -0.15) is 11.3 Å². The average molecular weight is 447 g/mol. The second-order valence-electron chi connectivity index (χ2n) is 7.57. The van der Waals surface area contributed by atoms with Crippen molar-refractivity contribution in [3.05, 3.63) is 46.2 Å². The summed E-state index contributed by atoms with van der Waals surface area (Å²) in [7, 11) is 5.14. The van der Waals surface area contributed by atoms with Gasteiger partial charge in [-0.05, 0) is 46.0 Å². The van der Waals surface area contributed by atoms with Crippen molar-refractivity contribution >= 4 is 17.3 Å². The van der Waals surface area contributed by atoms with Crippen LogP contribution in [0.3, 0.4) is 0 Å². The van der Waals surface area contributed by atoms with Crippen LogP contribution in [0.4, 0.5) is 0 Å². The van der Waals surface area contributed by atoms with Gasteiger partial charge in [-0.25, -0.2) is 0 Å². The lowest BCUT2D eigenvalue weighted by Crippen LogP contribution is -2.46. The van der Waals surface area contributed by atoms with E-state index in [9.17, 15) is 0 Å². The molecule has 1 fully saturated rings. The molecule has 2 unspecified atom stereocenters. The summed E-state index contributed by atoms with van der Waals surface area (Å²) in [4.78, 5) is 6.87. The molecule has 0 amide bonds. The molecule has 0 bridgehead atoms. The molecule has 170 valence electrons. The summed E-state index contributed by atoms with van der Waals surface area (Å²) in [6, 6.07) is 8.49. The van der Waals surface area contributed by atoms with Crippen molar-refractivity contribution in [2.45, 2.75) is 18.9 Å². The summed E-state index contributed by atoms with van der Waals surface area (Å²) < 4.78 is 16.5. The monoisotopic (exact) mass is 446 g/mol. The highest BCUT2D eigenvalue weighted by molar-refractivity contribution is 7.07. The number of guanidine groups is 1. The molecule has 2 N–H and O–H groups in total. The number of nitrogens with one attached hydrogen (secondary N) is 2. The van der Waals surface area contributed by atoms with E-state index in [0.29, 0.717) is 5.92 Å². The van der Waals surface area contributed by atoms with Gasteiger partial charge in [0.15, 0.2) is 17.5 Å². The van der Waals surface area contributed by atoms with Gasteiger partial charge in [0.05, 0.1) is 33.5 Å². The van der Waals surface area contributed by atoms with E-state index in [2.05, 4.69) is 56.4 Å². The number of aliphatic imine (C=N–C) groups is 1. The van der Waals surface area contributed by atoms with Gasteiger partial charge in [0, 0.05) is 33.2 Å². The summed E-state index contributed by atoms with van der Waals surface area (Å²) in [5.41, 5.74) is 2.53. The summed E-state index contributed by atoms with van der Waals surface area (Å²) in [6.45, 7) is 7.05. The van der Waals surface area contributed by atoms with E-state index in [0.717, 1.165) is 56.9 Å². The molecule has 1 aromatic heterocycles. The molecule has 2 heterocycles. The van der Waals surface area contributed by atoms with Crippen molar-refractivity contribution in [3.63, 3.8) is 0 Å². The van der Waals surface area contributed by atoms with E-state index in [1.165, 1.54) is 11.1 Å². The van der Waals surface area contributed by atoms with E-state index >= 15 is 0 Å². The Hall–Kier alpha value is -2.29. The topological polar surface area (TPSA) is 67.4 Å². The van der Waals surface area contributed by atoms with Gasteiger partial charge in [-0.3, -0.25) is 9.89 Å². The predicted octanol–water partition coefficient (Wildman–Crippen LogP) is 3.11. The van der Waals surface area contributed by atoms with Crippen LogP contribution in [0, 0.1) is 0 Å². The van der Waals surface area contributed by atoms with Gasteiger partial charge >= 0.3 is 0 Å². The number of rotatable bonds is 9. The van der Waals surface area contributed by atoms with Crippen LogP contribution in [0.2, 0.25) is 0 Å². The number of benzene rings is 1. The number of morpholine rings is 1. The maximum atomic E-state index is 5.57. The number of ether oxygens (including phenoxy) is 3. The van der Waals surface area contributed by atoms with Crippen LogP contribution in [0.25, 0.3) is 0 Å². The van der Waals surface area contributed by atoms with E-state index in [4.69, 9.17) is 14.2 Å². The van der Waals surface area contributed by atoms with Gasteiger partial charge in [0.25, 0.3) is 0 Å². The normalized spacial score (nSPS) is 17.1. The minimum absolute atomic E-state index is 0.163. The zero-order valence-corrected chi connectivity index (χ0v) is 19.7. The Balaban J connectivity index is 1.68. The predicted molar refractivity (Wildman–Crippen MR) is 127 cm³/mol. The Morgan fingerprint density at radius 1 is 1.10 bits per heavy atom. The minimum Gasteiger partial charge on any atom is -0.493 e. The van der Waals surface area contributed by atoms with Crippen molar-refractivity contribution in [2.75, 3.05) is 60.7 Å². The third-order valence-electron chi connectivity index (χ3n) is 5.65. The molecule has 1 aliphatic rings. The lowest BCUT2D eigenvalue weighted by atomic mass is 10.0. The smallest absolute Gasteiger partial charge is 0.191 e. The van der Waals surface area contributed by atoms with E-state index < -0.39 is 0 Å². The first-order valence-corrected chi connectivity index (χ1v) is 11.6. The fraction of sp³-hybridized carbons (Fsp3) is 0.522. The molecule has 3 rings (SSSR count). The van der Waals surface area contributed by atoms with Crippen molar-refractivity contribution in [1.82, 2.24) is 15.5 Å². The molecule has 31 heavy (non-hydrogen) atoms. The van der Waals surface area contributed by atoms with Crippen LogP contribution in [0.1, 0.15) is 30.0 Å². The summed E-state index contributed by atoms with van der Waals surface area (Å²) >= 11 is 1.73. The van der Waals surface area contributed by atoms with Crippen molar-refractivity contribution in [3.8, 4) is 11.5 Å². The molecule has 1 aliphatic heterocycles. The van der Waals surface area contributed by atoms with Crippen LogP contribution in [-0.2, 0) is 4.74 Å². The molecule has 1 saturated heterocycles. The summed E-state index contributed by atoms with van der Waals surface area (Å²) in [5, 5.41) is 11.3. The molecule has 7 nitrogen and oxygen atoms in total. The zero-order chi connectivity index (χ0) is 22.1. The van der Waals surface area contributed by atoms with E-state index in [1.807, 2.05) is 13.1 Å². The number of nitrogens with zero attached hydrogens (tertiary/aromatic N) is 2. The fourth-order valence-electron chi connectivity index (χ4n) is 3.74. The number of thiophene rings is 1. The molecule has 2 aromatic rings. The molecule has 0 radical (unpaired) electrons. The van der Waals surface area contributed by atoms with Crippen LogP contribution < -0.4 is 20.1 Å². The van der Waals surface area contributed by atoms with Gasteiger partial charge in [-0.15, -0.1) is 0 Å². The molecular formula is C23H34N4O3S. The molecule has 0 saturated carbocycles. The fourth-order valence-corrected chi connectivity index (χ4v) is 4.53. The van der Waals surface area contributed by atoms with Crippen LogP contribution in [0.15, 0.2) is 40.0 Å². The molecular weight excluding hydrogens is 412 g/mol. The van der Waals surface area contributed by atoms with Gasteiger partial charge in [0.2, 0.25) is 0 Å². The van der Waals surface area contributed by atoms with Crippen molar-refractivity contribution in [1.29, 1.82) is 0 Å². The Labute approximate surface area is 189 Å². The number of hydrogen-bond donors (Lipinski definition) is 2. The quantitative estimate of drug-likeness (QED) is 0.456. The highest BCUT2D eigenvalue weighted by Crippen LogP contribution is 2.32. The number of methoxy groups -OCH3 is 2. The zero-order valence-electron chi connectivity index (χ0n) is 18.9. The SMILES string of the molecule is CN=C(NCC(C)c1ccsc1)NCC(c1ccc(OC)c(OC)c1)N1CCOCC1. The van der Waals surface area contributed by atoms with Gasteiger partial charge < -0.3 is 24.8 Å². The minimum atomic E-state index is 0.163. The highest BCUT2D eigenvalue weighted by atomic mass is 32.1. The van der Waals surface area contributed by atoms with Crippen LogP contribution in [0.5, 0.6) is 11.5 Å². The molecule has 2 atom stereocenters. The van der Waals surface area contributed by atoms with Crippen LogP contribution in [-0.4, -0.2) is 71.5 Å². The van der Waals surface area contributed by atoms with Crippen molar-refractivity contribution in [2.24, 2.45) is 4.99 Å². The molecule has 8 heteroatoms. The maximum Gasteiger partial charge on any atom is 0.191 e. The lowest BCUT2D eigenvalue weighted by Gasteiger charge is -2.35. The second-order valence-corrected chi connectivity index (χ2v) is 8.35. The van der Waals surface area contributed by atoms with Crippen molar-refractivity contribution < 1.29 is 14.2 Å². The molecule has 0 aliphatic carbocycles. The first-order valence-electron chi connectivity index (χ1n) is 10.7. The lowest BCUT2D eigenvalue weighted by molar-refractivity contribution is 0.0169. The largest absolute Gasteiger partial charge is 0.493 e. The standard InChI is InChI=1S/C23H34N4O3S/c1-17(19-7-12-31-16-19)14-25-23(24-2)26-15-20(27-8-10-30-11-9-27)18-5-6-21(28-3)22(13-18)29-4/h5-7,12-13,16-17,20H,8-11,14-15H2,1-4H3,(H2,24,25,26). The average Bonchev–Trinajstić information content (AvgIpc) is 3.36. The molecule has 0 spiro atoms. The highest BCUT2D eigenvalue weighted by Gasteiger charge is 2.24. The first-order chi connectivity index (χ1) is 15.2. The third kappa shape index (κ3) is 6.35. The summed E-state index contributed by atoms with van der Waals surface area (Å²) in [6.07, 6.45) is 0. The van der Waals surface area contributed by atoms with Gasteiger partial charge in [0.1, 0.15) is 0 Å². The molecule has 1 aromatic carbocycles. The Kier molecular flexibility index (Phi) is 8.99.